The molecule has 1 heterocycles. The maximum atomic E-state index is 12.0. The van der Waals surface area contributed by atoms with Crippen molar-refractivity contribution in [3.8, 4) is 0 Å². The fraction of sp³-hybridized carbons (Fsp3) is 0.333. The molecule has 0 aromatic heterocycles. The number of carbonyl (C=O) groups excluding carboxylic acids is 1. The second kappa shape index (κ2) is 6.11. The molecular formula is C12H14ClN3OS. The van der Waals surface area contributed by atoms with Crippen molar-refractivity contribution in [2.45, 2.75) is 12.2 Å². The fourth-order valence-electron chi connectivity index (χ4n) is 1.47. The third kappa shape index (κ3) is 3.40. The number of nitrogens with one attached hydrogen (secondary N) is 2. The number of para-hydroxylation sites is 1. The summed E-state index contributed by atoms with van der Waals surface area (Å²) in [4.78, 5) is 16.2. The van der Waals surface area contributed by atoms with Gasteiger partial charge in [0.1, 0.15) is 0 Å². The highest BCUT2D eigenvalue weighted by molar-refractivity contribution is 8.14. The number of amides is 1. The molecule has 0 fully saturated rings. The van der Waals surface area contributed by atoms with Gasteiger partial charge < -0.3 is 10.6 Å². The molecule has 0 unspecified atom stereocenters. The van der Waals surface area contributed by atoms with Gasteiger partial charge in [-0.15, -0.1) is 0 Å². The second-order valence-corrected chi connectivity index (χ2v) is 5.58. The van der Waals surface area contributed by atoms with Gasteiger partial charge in [0, 0.05) is 6.54 Å². The van der Waals surface area contributed by atoms with Crippen LogP contribution in [0.2, 0.25) is 5.02 Å². The van der Waals surface area contributed by atoms with Gasteiger partial charge in [-0.2, -0.15) is 0 Å². The number of amidine groups is 1. The van der Waals surface area contributed by atoms with Gasteiger partial charge in [0.15, 0.2) is 5.17 Å². The van der Waals surface area contributed by atoms with Crippen molar-refractivity contribution in [3.05, 3.63) is 29.3 Å². The Labute approximate surface area is 115 Å². The van der Waals surface area contributed by atoms with E-state index in [1.54, 1.807) is 12.1 Å². The van der Waals surface area contributed by atoms with E-state index in [-0.39, 0.29) is 11.2 Å². The molecule has 0 aliphatic carbocycles. The van der Waals surface area contributed by atoms with Crippen LogP contribution < -0.4 is 10.6 Å². The molecule has 4 nitrogen and oxygen atoms in total. The summed E-state index contributed by atoms with van der Waals surface area (Å²) in [6, 6.07) is 7.19. The Morgan fingerprint density at radius 3 is 3.00 bits per heavy atom. The summed E-state index contributed by atoms with van der Waals surface area (Å²) in [5.74, 6) is -0.0792. The van der Waals surface area contributed by atoms with E-state index in [0.29, 0.717) is 10.7 Å². The third-order valence-electron chi connectivity index (χ3n) is 2.43. The summed E-state index contributed by atoms with van der Waals surface area (Å²) in [6.45, 7) is 3.47. The van der Waals surface area contributed by atoms with Crippen LogP contribution in [0.15, 0.2) is 29.3 Å². The van der Waals surface area contributed by atoms with Crippen molar-refractivity contribution >= 4 is 40.1 Å². The number of nitrogens with zero attached hydrogens (tertiary/aromatic N) is 1. The zero-order valence-electron chi connectivity index (χ0n) is 9.94. The number of rotatable bonds is 3. The molecule has 6 heteroatoms. The highest BCUT2D eigenvalue weighted by atomic mass is 35.5. The Balaban J connectivity index is 1.93. The van der Waals surface area contributed by atoms with Crippen LogP contribution in [-0.2, 0) is 4.79 Å². The summed E-state index contributed by atoms with van der Waals surface area (Å²) in [5.41, 5.74) is 0.637. The van der Waals surface area contributed by atoms with Crippen LogP contribution in [0, 0.1) is 0 Å². The van der Waals surface area contributed by atoms with Gasteiger partial charge in [-0.05, 0) is 19.1 Å². The van der Waals surface area contributed by atoms with Crippen molar-refractivity contribution in [1.29, 1.82) is 0 Å². The van der Waals surface area contributed by atoms with Gasteiger partial charge in [-0.1, -0.05) is 35.5 Å². The quantitative estimate of drug-likeness (QED) is 0.895. The predicted octanol–water partition coefficient (Wildman–Crippen LogP) is 2.36. The van der Waals surface area contributed by atoms with Crippen LogP contribution in [0.4, 0.5) is 5.69 Å². The molecule has 1 amide bonds. The van der Waals surface area contributed by atoms with Gasteiger partial charge in [-0.3, -0.25) is 9.79 Å². The molecular weight excluding hydrogens is 270 g/mol. The number of thioether (sulfide) groups is 1. The summed E-state index contributed by atoms with van der Waals surface area (Å²) in [6.07, 6.45) is 0. The first kappa shape index (κ1) is 13.2. The first-order valence-electron chi connectivity index (χ1n) is 5.67. The van der Waals surface area contributed by atoms with E-state index in [1.165, 1.54) is 11.8 Å². The minimum absolute atomic E-state index is 0.0792. The topological polar surface area (TPSA) is 53.5 Å². The van der Waals surface area contributed by atoms with Gasteiger partial charge in [0.05, 0.1) is 22.5 Å². The van der Waals surface area contributed by atoms with Crippen LogP contribution in [-0.4, -0.2) is 29.4 Å². The number of aliphatic imine (C=N–C) groups is 1. The van der Waals surface area contributed by atoms with Gasteiger partial charge in [0.2, 0.25) is 5.91 Å². The standard InChI is InChI=1S/C12H14ClN3OS/c1-8(18-12-14-6-7-15-12)11(17)16-10-5-3-2-4-9(10)13/h2-5,8H,6-7H2,1H3,(H,14,15)(H,16,17)/t8-/m0/s1. The van der Waals surface area contributed by atoms with Crippen LogP contribution in [0.5, 0.6) is 0 Å². The molecule has 1 aliphatic heterocycles. The molecule has 0 saturated carbocycles. The third-order valence-corrected chi connectivity index (χ3v) is 3.83. The van der Waals surface area contributed by atoms with Crippen LogP contribution in [0.3, 0.4) is 0 Å². The van der Waals surface area contributed by atoms with Crippen molar-refractivity contribution in [1.82, 2.24) is 5.32 Å². The van der Waals surface area contributed by atoms with E-state index < -0.39 is 0 Å². The van der Waals surface area contributed by atoms with Crippen molar-refractivity contribution in [2.24, 2.45) is 4.99 Å². The first-order valence-corrected chi connectivity index (χ1v) is 6.93. The van der Waals surface area contributed by atoms with Gasteiger partial charge >= 0.3 is 0 Å². The SMILES string of the molecule is C[C@H](SC1=NCCN1)C(=O)Nc1ccccc1Cl. The lowest BCUT2D eigenvalue weighted by Crippen LogP contribution is -2.26. The number of hydrogen-bond acceptors (Lipinski definition) is 4. The van der Waals surface area contributed by atoms with E-state index in [0.717, 1.165) is 18.3 Å². The number of halogens is 1. The molecule has 96 valence electrons. The van der Waals surface area contributed by atoms with Crippen LogP contribution >= 0.6 is 23.4 Å². The number of anilines is 1. The van der Waals surface area contributed by atoms with Crippen LogP contribution in [0.1, 0.15) is 6.92 Å². The van der Waals surface area contributed by atoms with Crippen molar-refractivity contribution in [2.75, 3.05) is 18.4 Å². The number of hydrogen-bond donors (Lipinski definition) is 2. The molecule has 1 aliphatic rings. The van der Waals surface area contributed by atoms with Gasteiger partial charge in [0.25, 0.3) is 0 Å². The Bertz CT molecular complexity index is 478. The fourth-order valence-corrected chi connectivity index (χ4v) is 2.51. The molecule has 2 rings (SSSR count). The Kier molecular flexibility index (Phi) is 4.49. The van der Waals surface area contributed by atoms with E-state index in [1.807, 2.05) is 19.1 Å². The van der Waals surface area contributed by atoms with E-state index in [2.05, 4.69) is 15.6 Å². The Morgan fingerprint density at radius 1 is 1.56 bits per heavy atom. The molecule has 0 saturated heterocycles. The average Bonchev–Trinajstić information content (AvgIpc) is 2.84. The summed E-state index contributed by atoms with van der Waals surface area (Å²) >= 11 is 7.41. The molecule has 2 N–H and O–H groups in total. The minimum Gasteiger partial charge on any atom is -0.363 e. The van der Waals surface area contributed by atoms with Crippen LogP contribution in [0.25, 0.3) is 0 Å². The zero-order chi connectivity index (χ0) is 13.0. The molecule has 0 radical (unpaired) electrons. The summed E-state index contributed by atoms with van der Waals surface area (Å²) in [7, 11) is 0. The molecule has 1 aromatic carbocycles. The van der Waals surface area contributed by atoms with Crippen molar-refractivity contribution < 1.29 is 4.79 Å². The van der Waals surface area contributed by atoms with Crippen molar-refractivity contribution in [3.63, 3.8) is 0 Å². The Morgan fingerprint density at radius 2 is 2.33 bits per heavy atom. The lowest BCUT2D eigenvalue weighted by molar-refractivity contribution is -0.115. The largest absolute Gasteiger partial charge is 0.363 e. The average molecular weight is 284 g/mol. The maximum absolute atomic E-state index is 12.0. The monoisotopic (exact) mass is 283 g/mol. The number of carbonyl (C=O) groups is 1. The lowest BCUT2D eigenvalue weighted by Gasteiger charge is -2.12. The number of benzene rings is 1. The second-order valence-electron chi connectivity index (χ2n) is 3.84. The summed E-state index contributed by atoms with van der Waals surface area (Å²) in [5, 5.41) is 7.09. The minimum atomic E-state index is -0.217. The van der Waals surface area contributed by atoms with Gasteiger partial charge in [-0.25, -0.2) is 0 Å². The first-order chi connectivity index (χ1) is 8.66. The maximum Gasteiger partial charge on any atom is 0.237 e. The Hall–Kier alpha value is -1.20. The van der Waals surface area contributed by atoms with E-state index in [4.69, 9.17) is 11.6 Å². The normalized spacial score (nSPS) is 15.8. The van der Waals surface area contributed by atoms with E-state index in [9.17, 15) is 4.79 Å². The molecule has 18 heavy (non-hydrogen) atoms. The highest BCUT2D eigenvalue weighted by Crippen LogP contribution is 2.22. The lowest BCUT2D eigenvalue weighted by atomic mass is 10.3. The van der Waals surface area contributed by atoms with E-state index >= 15 is 0 Å². The molecule has 1 aromatic rings. The molecule has 0 spiro atoms. The molecule has 1 atom stereocenters. The zero-order valence-corrected chi connectivity index (χ0v) is 11.5. The smallest absolute Gasteiger partial charge is 0.237 e. The predicted molar refractivity (Wildman–Crippen MR) is 77.4 cm³/mol. The highest BCUT2D eigenvalue weighted by Gasteiger charge is 2.18. The molecule has 0 bridgehead atoms. The summed E-state index contributed by atoms with van der Waals surface area (Å²) < 4.78 is 0.